The Morgan fingerprint density at radius 1 is 1.22 bits per heavy atom. The summed E-state index contributed by atoms with van der Waals surface area (Å²) in [6, 6.07) is 1.06. The maximum absolute atomic E-state index is 13.2. The number of rotatable bonds is 4. The third-order valence-electron chi connectivity index (χ3n) is 2.05. The van der Waals surface area contributed by atoms with Crippen LogP contribution in [-0.2, 0) is 18.3 Å². The largest absolute Gasteiger partial charge is 0.481 e. The molecule has 0 fully saturated rings. The number of ether oxygens (including phenoxy) is 1. The SMILES string of the molecule is [O]Cc1nc(COc2c(F)cc(F)cc2F)cs1. The van der Waals surface area contributed by atoms with Gasteiger partial charge in [0.05, 0.1) is 5.69 Å². The quantitative estimate of drug-likeness (QED) is 0.859. The molecule has 2 rings (SSSR count). The summed E-state index contributed by atoms with van der Waals surface area (Å²) < 4.78 is 44.0. The molecule has 1 aromatic carbocycles. The predicted molar refractivity (Wildman–Crippen MR) is 57.2 cm³/mol. The molecule has 1 heterocycles. The summed E-state index contributed by atoms with van der Waals surface area (Å²) in [5.41, 5.74) is 0.397. The second kappa shape index (κ2) is 5.36. The van der Waals surface area contributed by atoms with Gasteiger partial charge in [0.2, 0.25) is 0 Å². The maximum atomic E-state index is 13.2. The summed E-state index contributed by atoms with van der Waals surface area (Å²) in [6.07, 6.45) is 0. The minimum absolute atomic E-state index is 0.185. The van der Waals surface area contributed by atoms with Crippen LogP contribution in [0.1, 0.15) is 10.7 Å². The number of hydrogen-bond acceptors (Lipinski definition) is 3. The van der Waals surface area contributed by atoms with Gasteiger partial charge in [-0.3, -0.25) is 0 Å². The molecule has 0 spiro atoms. The van der Waals surface area contributed by atoms with Gasteiger partial charge < -0.3 is 4.74 Å². The van der Waals surface area contributed by atoms with E-state index >= 15 is 0 Å². The molecule has 0 saturated heterocycles. The van der Waals surface area contributed by atoms with Crippen LogP contribution >= 0.6 is 11.3 Å². The maximum Gasteiger partial charge on any atom is 0.191 e. The lowest BCUT2D eigenvalue weighted by atomic mass is 10.3. The first-order valence-electron chi connectivity index (χ1n) is 4.89. The van der Waals surface area contributed by atoms with Gasteiger partial charge in [0, 0.05) is 17.5 Å². The number of halogens is 3. The number of aromatic nitrogens is 1. The summed E-state index contributed by atoms with van der Waals surface area (Å²) >= 11 is 1.14. The highest BCUT2D eigenvalue weighted by Crippen LogP contribution is 2.24. The normalized spacial score (nSPS) is 10.7. The minimum Gasteiger partial charge on any atom is -0.481 e. The molecule has 0 bridgehead atoms. The highest BCUT2D eigenvalue weighted by atomic mass is 32.1. The predicted octanol–water partition coefficient (Wildman–Crippen LogP) is 3.07. The second-order valence-electron chi connectivity index (χ2n) is 3.36. The minimum atomic E-state index is -1.12. The van der Waals surface area contributed by atoms with Crippen molar-refractivity contribution < 1.29 is 23.0 Å². The van der Waals surface area contributed by atoms with Gasteiger partial charge in [-0.15, -0.1) is 11.3 Å². The van der Waals surface area contributed by atoms with Crippen molar-refractivity contribution in [1.82, 2.24) is 4.98 Å². The molecule has 0 saturated carbocycles. The summed E-state index contributed by atoms with van der Waals surface area (Å²) in [6.45, 7) is -0.639. The Bertz CT molecular complexity index is 536. The van der Waals surface area contributed by atoms with Crippen molar-refractivity contribution in [3.8, 4) is 5.75 Å². The fourth-order valence-electron chi connectivity index (χ4n) is 1.29. The molecule has 2 aromatic rings. The molecule has 0 aliphatic carbocycles. The van der Waals surface area contributed by atoms with Crippen LogP contribution in [0.15, 0.2) is 17.5 Å². The number of thiazole rings is 1. The van der Waals surface area contributed by atoms with Gasteiger partial charge in [0.15, 0.2) is 17.4 Å². The van der Waals surface area contributed by atoms with Gasteiger partial charge in [-0.1, -0.05) is 0 Å². The van der Waals surface area contributed by atoms with E-state index in [9.17, 15) is 18.3 Å². The zero-order valence-electron chi connectivity index (χ0n) is 8.95. The van der Waals surface area contributed by atoms with E-state index in [-0.39, 0.29) is 6.61 Å². The molecule has 0 aliphatic rings. The molecule has 0 atom stereocenters. The second-order valence-corrected chi connectivity index (χ2v) is 4.31. The smallest absolute Gasteiger partial charge is 0.191 e. The van der Waals surface area contributed by atoms with Gasteiger partial charge in [-0.25, -0.2) is 23.3 Å². The lowest BCUT2D eigenvalue weighted by Crippen LogP contribution is -2.01. The summed E-state index contributed by atoms with van der Waals surface area (Å²) in [5, 5.41) is 12.4. The Hall–Kier alpha value is -1.60. The first kappa shape index (κ1) is 12.8. The molecule has 0 unspecified atom stereocenters. The van der Waals surface area contributed by atoms with Crippen LogP contribution in [0, 0.1) is 17.5 Å². The highest BCUT2D eigenvalue weighted by Gasteiger charge is 2.13. The van der Waals surface area contributed by atoms with Gasteiger partial charge in [0.25, 0.3) is 0 Å². The molecule has 1 radical (unpaired) electrons. The first-order valence-corrected chi connectivity index (χ1v) is 5.77. The fourth-order valence-corrected chi connectivity index (χ4v) is 1.93. The average molecular weight is 274 g/mol. The zero-order chi connectivity index (χ0) is 13.1. The molecule has 3 nitrogen and oxygen atoms in total. The van der Waals surface area contributed by atoms with Crippen LogP contribution in [-0.4, -0.2) is 4.98 Å². The number of benzene rings is 1. The third-order valence-corrected chi connectivity index (χ3v) is 2.92. The van der Waals surface area contributed by atoms with Crippen LogP contribution in [0.25, 0.3) is 0 Å². The van der Waals surface area contributed by atoms with Crippen LogP contribution in [0.3, 0.4) is 0 Å². The van der Waals surface area contributed by atoms with Crippen molar-refractivity contribution in [2.75, 3.05) is 0 Å². The average Bonchev–Trinajstić information content (AvgIpc) is 2.75. The van der Waals surface area contributed by atoms with E-state index in [0.717, 1.165) is 11.3 Å². The van der Waals surface area contributed by atoms with E-state index in [1.165, 1.54) is 0 Å². The van der Waals surface area contributed by atoms with Crippen molar-refractivity contribution in [3.63, 3.8) is 0 Å². The Balaban J connectivity index is 2.10. The van der Waals surface area contributed by atoms with Crippen LogP contribution in [0.5, 0.6) is 5.75 Å². The summed E-state index contributed by atoms with van der Waals surface area (Å²) in [5.74, 6) is -3.91. The van der Waals surface area contributed by atoms with E-state index in [1.807, 2.05) is 0 Å². The van der Waals surface area contributed by atoms with Crippen LogP contribution < -0.4 is 4.74 Å². The van der Waals surface area contributed by atoms with E-state index in [1.54, 1.807) is 5.38 Å². The van der Waals surface area contributed by atoms with E-state index in [4.69, 9.17) is 4.74 Å². The van der Waals surface area contributed by atoms with Crippen LogP contribution in [0.4, 0.5) is 13.2 Å². The summed E-state index contributed by atoms with van der Waals surface area (Å²) in [4.78, 5) is 3.88. The van der Waals surface area contributed by atoms with Crippen molar-refractivity contribution in [3.05, 3.63) is 45.7 Å². The Kier molecular flexibility index (Phi) is 3.83. The number of hydrogen-bond donors (Lipinski definition) is 0. The van der Waals surface area contributed by atoms with E-state index < -0.39 is 29.8 Å². The van der Waals surface area contributed by atoms with Gasteiger partial charge in [0.1, 0.15) is 24.0 Å². The van der Waals surface area contributed by atoms with Crippen molar-refractivity contribution in [1.29, 1.82) is 0 Å². The molecule has 18 heavy (non-hydrogen) atoms. The van der Waals surface area contributed by atoms with Crippen molar-refractivity contribution in [2.24, 2.45) is 0 Å². The lowest BCUT2D eigenvalue weighted by molar-refractivity contribution is 0.176. The molecule has 1 aromatic heterocycles. The molecule has 95 valence electrons. The van der Waals surface area contributed by atoms with Gasteiger partial charge >= 0.3 is 0 Å². The van der Waals surface area contributed by atoms with Crippen LogP contribution in [0.2, 0.25) is 0 Å². The topological polar surface area (TPSA) is 42.0 Å². The molecule has 7 heteroatoms. The van der Waals surface area contributed by atoms with Crippen molar-refractivity contribution >= 4 is 11.3 Å². The Morgan fingerprint density at radius 3 is 2.44 bits per heavy atom. The van der Waals surface area contributed by atoms with E-state index in [2.05, 4.69) is 4.98 Å². The van der Waals surface area contributed by atoms with Gasteiger partial charge in [-0.2, -0.15) is 0 Å². The Labute approximate surface area is 104 Å². The standard InChI is InChI=1S/C11H7F3NO2S/c12-6-1-8(13)11(9(14)2-6)17-4-7-5-18-10(3-16)15-7/h1-2,5H,3-4H2. The first-order chi connectivity index (χ1) is 8.60. The van der Waals surface area contributed by atoms with Gasteiger partial charge in [-0.05, 0) is 0 Å². The fraction of sp³-hybridized carbons (Fsp3) is 0.182. The Morgan fingerprint density at radius 2 is 1.89 bits per heavy atom. The summed E-state index contributed by atoms with van der Waals surface area (Å²) in [7, 11) is 0. The highest BCUT2D eigenvalue weighted by molar-refractivity contribution is 7.09. The third kappa shape index (κ3) is 2.80. The molecule has 0 aliphatic heterocycles. The molecular formula is C11H7F3NO2S. The zero-order valence-corrected chi connectivity index (χ0v) is 9.77. The van der Waals surface area contributed by atoms with E-state index in [0.29, 0.717) is 22.8 Å². The molecule has 0 amide bonds. The monoisotopic (exact) mass is 274 g/mol. The molecule has 0 N–H and O–H groups in total. The van der Waals surface area contributed by atoms with Crippen molar-refractivity contribution in [2.45, 2.75) is 13.2 Å². The lowest BCUT2D eigenvalue weighted by Gasteiger charge is -2.06. The number of nitrogens with zero attached hydrogens (tertiary/aromatic N) is 1. The molecular weight excluding hydrogens is 267 g/mol.